The van der Waals surface area contributed by atoms with Crippen LogP contribution in [0.3, 0.4) is 0 Å². The van der Waals surface area contributed by atoms with Gasteiger partial charge < -0.3 is 20.0 Å². The summed E-state index contributed by atoms with van der Waals surface area (Å²) in [4.78, 5) is 31.3. The lowest BCUT2D eigenvalue weighted by atomic mass is 10.0. The van der Waals surface area contributed by atoms with Gasteiger partial charge in [-0.3, -0.25) is 9.59 Å². The molecule has 2 N–H and O–H groups in total. The number of hydrogen-bond donors (Lipinski definition) is 2. The third kappa shape index (κ3) is 4.30. The molecule has 0 aromatic heterocycles. The lowest BCUT2D eigenvalue weighted by molar-refractivity contribution is -0.140. The molecular formula is C20H29N5O4S. The highest BCUT2D eigenvalue weighted by molar-refractivity contribution is 7.89. The average Bonchev–Trinajstić information content (AvgIpc) is 3.00. The van der Waals surface area contributed by atoms with Crippen molar-refractivity contribution in [1.82, 2.24) is 19.4 Å². The first-order chi connectivity index (χ1) is 14.3. The van der Waals surface area contributed by atoms with Crippen LogP contribution in [0.4, 0.5) is 5.69 Å². The number of benzene rings is 1. The zero-order valence-electron chi connectivity index (χ0n) is 17.3. The molecule has 1 atom stereocenters. The molecule has 1 aromatic rings. The predicted octanol–water partition coefficient (Wildman–Crippen LogP) is 0.263. The normalized spacial score (nSPS) is 27.2. The van der Waals surface area contributed by atoms with E-state index in [-0.39, 0.29) is 29.7 Å². The Morgan fingerprint density at radius 1 is 1.10 bits per heavy atom. The Morgan fingerprint density at radius 2 is 1.90 bits per heavy atom. The van der Waals surface area contributed by atoms with E-state index >= 15 is 0 Å². The number of likely N-dealkylation sites (tertiary alicyclic amines) is 1. The lowest BCUT2D eigenvalue weighted by Crippen LogP contribution is -2.57. The fourth-order valence-corrected chi connectivity index (χ4v) is 5.95. The molecule has 164 valence electrons. The zero-order chi connectivity index (χ0) is 21.4. The van der Waals surface area contributed by atoms with Gasteiger partial charge in [0.2, 0.25) is 21.8 Å². The molecule has 1 unspecified atom stereocenters. The molecule has 0 saturated carbocycles. The van der Waals surface area contributed by atoms with Crippen LogP contribution in [0.25, 0.3) is 0 Å². The maximum Gasteiger partial charge on any atom is 0.244 e. The Hall–Kier alpha value is -2.17. The molecule has 10 heteroatoms. The van der Waals surface area contributed by atoms with E-state index in [1.807, 2.05) is 11.9 Å². The van der Waals surface area contributed by atoms with E-state index < -0.39 is 15.7 Å². The van der Waals surface area contributed by atoms with E-state index in [1.54, 1.807) is 29.2 Å². The molecule has 3 heterocycles. The number of carbonyl (C=O) groups excluding carboxylic acids is 2. The molecule has 0 radical (unpaired) electrons. The zero-order valence-corrected chi connectivity index (χ0v) is 18.1. The van der Waals surface area contributed by atoms with Crippen LogP contribution in [-0.2, 0) is 19.6 Å². The van der Waals surface area contributed by atoms with Crippen LogP contribution in [0, 0.1) is 0 Å². The summed E-state index contributed by atoms with van der Waals surface area (Å²) in [6.07, 6.45) is 1.82. The van der Waals surface area contributed by atoms with Gasteiger partial charge in [0.05, 0.1) is 12.2 Å². The first-order valence-corrected chi connectivity index (χ1v) is 11.9. The van der Waals surface area contributed by atoms with Crippen molar-refractivity contribution in [3.8, 4) is 0 Å². The Kier molecular flexibility index (Phi) is 5.73. The number of amides is 2. The van der Waals surface area contributed by atoms with Crippen LogP contribution < -0.4 is 10.0 Å². The predicted molar refractivity (Wildman–Crippen MR) is 112 cm³/mol. The lowest BCUT2D eigenvalue weighted by Gasteiger charge is -2.39. The number of hydrogen-bond acceptors (Lipinski definition) is 6. The first-order valence-electron chi connectivity index (χ1n) is 10.4. The Balaban J connectivity index is 1.45. The van der Waals surface area contributed by atoms with E-state index in [1.165, 1.54) is 0 Å². The van der Waals surface area contributed by atoms with Crippen molar-refractivity contribution in [1.29, 1.82) is 0 Å². The van der Waals surface area contributed by atoms with E-state index in [0.29, 0.717) is 38.2 Å². The van der Waals surface area contributed by atoms with Gasteiger partial charge in [-0.25, -0.2) is 8.42 Å². The SMILES string of the molecule is CN1CCCN(C(=O)CN2CCC3(CCC2=O)Nc2ccccc2S(=O)(=O)N3)CC1. The molecule has 9 nitrogen and oxygen atoms in total. The monoisotopic (exact) mass is 435 g/mol. The maximum absolute atomic E-state index is 12.8. The van der Waals surface area contributed by atoms with Crippen molar-refractivity contribution in [3.63, 3.8) is 0 Å². The molecule has 2 saturated heterocycles. The number of nitrogens with zero attached hydrogens (tertiary/aromatic N) is 3. The first kappa shape index (κ1) is 21.1. The number of likely N-dealkylation sites (N-methyl/N-ethyl adjacent to an activating group) is 1. The number of fused-ring (bicyclic) bond motifs is 1. The molecule has 2 amide bonds. The quantitative estimate of drug-likeness (QED) is 0.691. The van der Waals surface area contributed by atoms with Gasteiger partial charge in [-0.05, 0) is 38.6 Å². The van der Waals surface area contributed by atoms with Gasteiger partial charge in [0.25, 0.3) is 0 Å². The highest BCUT2D eigenvalue weighted by Gasteiger charge is 2.43. The number of anilines is 1. The summed E-state index contributed by atoms with van der Waals surface area (Å²) in [5, 5.41) is 3.31. The van der Waals surface area contributed by atoms with Crippen molar-refractivity contribution < 1.29 is 18.0 Å². The van der Waals surface area contributed by atoms with E-state index in [9.17, 15) is 18.0 Å². The summed E-state index contributed by atoms with van der Waals surface area (Å²) in [6, 6.07) is 6.76. The number of sulfonamides is 1. The maximum atomic E-state index is 12.8. The van der Waals surface area contributed by atoms with Gasteiger partial charge in [-0.1, -0.05) is 12.1 Å². The topological polar surface area (TPSA) is 102 Å². The Labute approximate surface area is 177 Å². The van der Waals surface area contributed by atoms with Crippen LogP contribution in [0.2, 0.25) is 0 Å². The Bertz CT molecular complexity index is 937. The molecule has 1 aromatic carbocycles. The van der Waals surface area contributed by atoms with Gasteiger partial charge in [0.1, 0.15) is 10.6 Å². The van der Waals surface area contributed by atoms with Gasteiger partial charge in [0.15, 0.2) is 0 Å². The van der Waals surface area contributed by atoms with Crippen LogP contribution in [-0.4, -0.2) is 86.9 Å². The molecule has 2 fully saturated rings. The fraction of sp³-hybridized carbons (Fsp3) is 0.600. The molecule has 0 bridgehead atoms. The summed E-state index contributed by atoms with van der Waals surface area (Å²) >= 11 is 0. The van der Waals surface area contributed by atoms with E-state index in [0.717, 1.165) is 19.5 Å². The van der Waals surface area contributed by atoms with Gasteiger partial charge in [0, 0.05) is 39.0 Å². The molecule has 30 heavy (non-hydrogen) atoms. The largest absolute Gasteiger partial charge is 0.365 e. The average molecular weight is 436 g/mol. The van der Waals surface area contributed by atoms with Crippen LogP contribution >= 0.6 is 0 Å². The minimum absolute atomic E-state index is 0.0436. The van der Waals surface area contributed by atoms with Crippen LogP contribution in [0.5, 0.6) is 0 Å². The summed E-state index contributed by atoms with van der Waals surface area (Å²) < 4.78 is 28.3. The van der Waals surface area contributed by atoms with E-state index in [4.69, 9.17) is 0 Å². The molecule has 3 aliphatic rings. The number of carbonyl (C=O) groups is 2. The molecule has 4 rings (SSSR count). The smallest absolute Gasteiger partial charge is 0.244 e. The van der Waals surface area contributed by atoms with E-state index in [2.05, 4.69) is 14.9 Å². The molecule has 1 spiro atoms. The van der Waals surface area contributed by atoms with Crippen molar-refractivity contribution in [3.05, 3.63) is 24.3 Å². The van der Waals surface area contributed by atoms with Crippen molar-refractivity contribution in [2.24, 2.45) is 0 Å². The van der Waals surface area contributed by atoms with Gasteiger partial charge in [-0.15, -0.1) is 0 Å². The highest BCUT2D eigenvalue weighted by Crippen LogP contribution is 2.34. The van der Waals surface area contributed by atoms with Crippen molar-refractivity contribution >= 4 is 27.5 Å². The third-order valence-electron chi connectivity index (χ3n) is 6.21. The van der Waals surface area contributed by atoms with Crippen LogP contribution in [0.1, 0.15) is 25.7 Å². The second-order valence-electron chi connectivity index (χ2n) is 8.41. The summed E-state index contributed by atoms with van der Waals surface area (Å²) in [5.41, 5.74) is -0.381. The standard InChI is InChI=1S/C20H29N5O4S/c1-23-10-4-11-24(14-13-23)19(27)15-25-12-9-20(8-7-18(25)26)21-16-5-2-3-6-17(16)30(28,29)22-20/h2-3,5-6,21-22H,4,7-15H2,1H3. The van der Waals surface area contributed by atoms with Crippen LogP contribution in [0.15, 0.2) is 29.2 Å². The third-order valence-corrected chi connectivity index (χ3v) is 7.80. The fourth-order valence-electron chi connectivity index (χ4n) is 4.41. The second-order valence-corrected chi connectivity index (χ2v) is 10.1. The molecular weight excluding hydrogens is 406 g/mol. The summed E-state index contributed by atoms with van der Waals surface area (Å²) in [5.74, 6) is -0.163. The van der Waals surface area contributed by atoms with Crippen molar-refractivity contribution in [2.45, 2.75) is 36.2 Å². The molecule has 3 aliphatic heterocycles. The summed E-state index contributed by atoms with van der Waals surface area (Å²) in [7, 11) is -1.63. The van der Waals surface area contributed by atoms with Gasteiger partial charge >= 0.3 is 0 Å². The minimum Gasteiger partial charge on any atom is -0.365 e. The Morgan fingerprint density at radius 3 is 2.73 bits per heavy atom. The number of para-hydroxylation sites is 1. The van der Waals surface area contributed by atoms with Crippen molar-refractivity contribution in [2.75, 3.05) is 51.6 Å². The number of nitrogens with one attached hydrogen (secondary N) is 2. The minimum atomic E-state index is -3.67. The second kappa shape index (κ2) is 8.16. The summed E-state index contributed by atoms with van der Waals surface area (Å²) in [6.45, 7) is 3.51. The number of rotatable bonds is 2. The molecule has 0 aliphatic carbocycles. The highest BCUT2D eigenvalue weighted by atomic mass is 32.2. The van der Waals surface area contributed by atoms with Gasteiger partial charge in [-0.2, -0.15) is 4.72 Å².